The van der Waals surface area contributed by atoms with E-state index < -0.39 is 5.97 Å². The Morgan fingerprint density at radius 3 is 3.00 bits per heavy atom. The Labute approximate surface area is 104 Å². The molecule has 1 fully saturated rings. The first-order valence-corrected chi connectivity index (χ1v) is 6.47. The predicted molar refractivity (Wildman–Crippen MR) is 65.4 cm³/mol. The van der Waals surface area contributed by atoms with Gasteiger partial charge in [0.1, 0.15) is 5.03 Å². The molecule has 17 heavy (non-hydrogen) atoms. The second kappa shape index (κ2) is 4.96. The maximum atomic E-state index is 10.7. The first-order valence-electron chi connectivity index (χ1n) is 5.49. The maximum absolute atomic E-state index is 10.7. The van der Waals surface area contributed by atoms with Crippen LogP contribution < -0.4 is 4.74 Å². The number of hydrogen-bond donors (Lipinski definition) is 1. The van der Waals surface area contributed by atoms with Crippen molar-refractivity contribution in [3.05, 3.63) is 18.3 Å². The van der Waals surface area contributed by atoms with Crippen LogP contribution in [0.15, 0.2) is 23.4 Å². The van der Waals surface area contributed by atoms with Gasteiger partial charge < -0.3 is 9.84 Å². The van der Waals surface area contributed by atoms with Gasteiger partial charge in [0.2, 0.25) is 0 Å². The lowest BCUT2D eigenvalue weighted by atomic mass is 10.1. The Morgan fingerprint density at radius 1 is 1.65 bits per heavy atom. The monoisotopic (exact) mass is 253 g/mol. The minimum Gasteiger partial charge on any atom is -0.494 e. The van der Waals surface area contributed by atoms with Crippen LogP contribution >= 0.6 is 11.8 Å². The average molecular weight is 253 g/mol. The molecule has 0 spiro atoms. The minimum atomic E-state index is -0.712. The molecule has 0 radical (unpaired) electrons. The van der Waals surface area contributed by atoms with Gasteiger partial charge in [-0.05, 0) is 30.4 Å². The molecular formula is C12H15NO3S. The van der Waals surface area contributed by atoms with Crippen LogP contribution in [0.2, 0.25) is 0 Å². The standard InChI is InChI=1S/C12H15NO3S/c1-16-9-3-2-6-13-11(9)17-8-12(4-5-12)7-10(14)15/h2-3,6H,4-5,7-8H2,1H3,(H,14,15). The number of aromatic nitrogens is 1. The number of carboxylic acids is 1. The van der Waals surface area contributed by atoms with Crippen molar-refractivity contribution in [3.63, 3.8) is 0 Å². The summed E-state index contributed by atoms with van der Waals surface area (Å²) in [4.78, 5) is 15.0. The van der Waals surface area contributed by atoms with E-state index in [4.69, 9.17) is 9.84 Å². The molecule has 1 saturated carbocycles. The van der Waals surface area contributed by atoms with Crippen molar-refractivity contribution >= 4 is 17.7 Å². The summed E-state index contributed by atoms with van der Waals surface area (Å²) in [7, 11) is 1.62. The molecule has 0 bridgehead atoms. The fourth-order valence-electron chi connectivity index (χ4n) is 1.73. The average Bonchev–Trinajstić information content (AvgIpc) is 3.06. The van der Waals surface area contributed by atoms with E-state index >= 15 is 0 Å². The highest BCUT2D eigenvalue weighted by Crippen LogP contribution is 2.52. The fraction of sp³-hybridized carbons (Fsp3) is 0.500. The van der Waals surface area contributed by atoms with E-state index in [9.17, 15) is 4.79 Å². The van der Waals surface area contributed by atoms with Crippen molar-refractivity contribution in [2.75, 3.05) is 12.9 Å². The molecule has 0 aliphatic heterocycles. The smallest absolute Gasteiger partial charge is 0.303 e. The van der Waals surface area contributed by atoms with Gasteiger partial charge in [-0.3, -0.25) is 4.79 Å². The first-order chi connectivity index (χ1) is 8.15. The summed E-state index contributed by atoms with van der Waals surface area (Å²) in [5, 5.41) is 9.68. The second-order valence-corrected chi connectivity index (χ2v) is 5.33. The molecule has 1 aliphatic rings. The Bertz CT molecular complexity index is 418. The molecule has 1 N–H and O–H groups in total. The molecule has 0 amide bonds. The number of thioether (sulfide) groups is 1. The summed E-state index contributed by atoms with van der Waals surface area (Å²) < 4.78 is 5.21. The number of hydrogen-bond acceptors (Lipinski definition) is 4. The first kappa shape index (κ1) is 12.2. The molecule has 92 valence electrons. The third kappa shape index (κ3) is 3.12. The van der Waals surface area contributed by atoms with Crippen molar-refractivity contribution in [1.29, 1.82) is 0 Å². The molecule has 1 aromatic heterocycles. The van der Waals surface area contributed by atoms with Crippen LogP contribution in [0.25, 0.3) is 0 Å². The van der Waals surface area contributed by atoms with Gasteiger partial charge in [-0.1, -0.05) is 0 Å². The van der Waals surface area contributed by atoms with E-state index in [1.165, 1.54) is 0 Å². The van der Waals surface area contributed by atoms with E-state index in [0.29, 0.717) is 0 Å². The van der Waals surface area contributed by atoms with E-state index in [2.05, 4.69) is 4.98 Å². The number of aliphatic carboxylic acids is 1. The van der Waals surface area contributed by atoms with Gasteiger partial charge in [-0.2, -0.15) is 0 Å². The highest BCUT2D eigenvalue weighted by atomic mass is 32.2. The normalized spacial score (nSPS) is 16.5. The molecule has 5 heteroatoms. The van der Waals surface area contributed by atoms with Gasteiger partial charge in [-0.25, -0.2) is 4.98 Å². The Kier molecular flexibility index (Phi) is 3.57. The molecule has 2 rings (SSSR count). The van der Waals surface area contributed by atoms with Crippen LogP contribution in [0.5, 0.6) is 5.75 Å². The summed E-state index contributed by atoms with van der Waals surface area (Å²) in [6.45, 7) is 0. The molecule has 4 nitrogen and oxygen atoms in total. The van der Waals surface area contributed by atoms with Crippen LogP contribution in [0.3, 0.4) is 0 Å². The van der Waals surface area contributed by atoms with Crippen molar-refractivity contribution in [3.8, 4) is 5.75 Å². The zero-order valence-corrected chi connectivity index (χ0v) is 10.5. The lowest BCUT2D eigenvalue weighted by Crippen LogP contribution is -2.11. The number of ether oxygens (including phenoxy) is 1. The largest absolute Gasteiger partial charge is 0.494 e. The number of rotatable bonds is 6. The van der Waals surface area contributed by atoms with Crippen molar-refractivity contribution in [1.82, 2.24) is 4.98 Å². The van der Waals surface area contributed by atoms with Crippen LogP contribution in [0, 0.1) is 5.41 Å². The minimum absolute atomic E-state index is 0.0148. The lowest BCUT2D eigenvalue weighted by molar-refractivity contribution is -0.138. The van der Waals surface area contributed by atoms with Gasteiger partial charge in [0.15, 0.2) is 5.75 Å². The molecule has 0 saturated heterocycles. The van der Waals surface area contributed by atoms with Crippen LogP contribution in [-0.2, 0) is 4.79 Å². The SMILES string of the molecule is COc1cccnc1SCC1(CC(=O)O)CC1. The van der Waals surface area contributed by atoms with Crippen LogP contribution in [-0.4, -0.2) is 28.9 Å². The number of carboxylic acid groups (broad SMARTS) is 1. The third-order valence-corrected chi connectivity index (χ3v) is 4.29. The molecule has 0 aromatic carbocycles. The Balaban J connectivity index is 1.96. The zero-order chi connectivity index (χ0) is 12.3. The Morgan fingerprint density at radius 2 is 2.41 bits per heavy atom. The molecule has 1 aliphatic carbocycles. The van der Waals surface area contributed by atoms with Gasteiger partial charge in [-0.15, -0.1) is 11.8 Å². The number of carbonyl (C=O) groups is 1. The summed E-state index contributed by atoms with van der Waals surface area (Å²) in [6, 6.07) is 3.69. The van der Waals surface area contributed by atoms with Crippen molar-refractivity contribution < 1.29 is 14.6 Å². The highest BCUT2D eigenvalue weighted by molar-refractivity contribution is 7.99. The van der Waals surface area contributed by atoms with Crippen LogP contribution in [0.1, 0.15) is 19.3 Å². The number of methoxy groups -OCH3 is 1. The zero-order valence-electron chi connectivity index (χ0n) is 9.68. The summed E-state index contributed by atoms with van der Waals surface area (Å²) in [6.07, 6.45) is 3.99. The molecule has 0 unspecified atom stereocenters. The highest BCUT2D eigenvalue weighted by Gasteiger charge is 2.44. The van der Waals surface area contributed by atoms with Gasteiger partial charge in [0.05, 0.1) is 13.5 Å². The molecule has 1 aromatic rings. The van der Waals surface area contributed by atoms with Gasteiger partial charge in [0, 0.05) is 11.9 Å². The molecule has 0 atom stereocenters. The van der Waals surface area contributed by atoms with Gasteiger partial charge in [0.25, 0.3) is 0 Å². The lowest BCUT2D eigenvalue weighted by Gasteiger charge is -2.12. The van der Waals surface area contributed by atoms with Gasteiger partial charge >= 0.3 is 5.97 Å². The molecular weight excluding hydrogens is 238 g/mol. The molecule has 1 heterocycles. The number of pyridine rings is 1. The summed E-state index contributed by atoms with van der Waals surface area (Å²) >= 11 is 1.58. The quantitative estimate of drug-likeness (QED) is 0.789. The maximum Gasteiger partial charge on any atom is 0.303 e. The Hall–Kier alpha value is -1.23. The van der Waals surface area contributed by atoms with Crippen molar-refractivity contribution in [2.24, 2.45) is 5.41 Å². The number of nitrogens with zero attached hydrogens (tertiary/aromatic N) is 1. The van der Waals surface area contributed by atoms with Crippen LogP contribution in [0.4, 0.5) is 0 Å². The van der Waals surface area contributed by atoms with E-state index in [1.807, 2.05) is 12.1 Å². The van der Waals surface area contributed by atoms with Crippen molar-refractivity contribution in [2.45, 2.75) is 24.3 Å². The summed E-state index contributed by atoms with van der Waals surface area (Å²) in [5.41, 5.74) is -0.0148. The second-order valence-electron chi connectivity index (χ2n) is 4.37. The fourth-order valence-corrected chi connectivity index (χ4v) is 2.99. The third-order valence-electron chi connectivity index (χ3n) is 2.95. The summed E-state index contributed by atoms with van der Waals surface area (Å²) in [5.74, 6) is 0.840. The van der Waals surface area contributed by atoms with E-state index in [1.54, 1.807) is 25.1 Å². The topological polar surface area (TPSA) is 59.4 Å². The van der Waals surface area contributed by atoms with E-state index in [-0.39, 0.29) is 11.8 Å². The predicted octanol–water partition coefficient (Wildman–Crippen LogP) is 2.44. The van der Waals surface area contributed by atoms with E-state index in [0.717, 1.165) is 29.4 Å².